The Bertz CT molecular complexity index is 1100. The van der Waals surface area contributed by atoms with Crippen LogP contribution in [-0.4, -0.2) is 27.4 Å². The minimum Gasteiger partial charge on any atom is -0.351 e. The third kappa shape index (κ3) is 5.06. The van der Waals surface area contributed by atoms with Crippen LogP contribution in [-0.2, 0) is 14.8 Å². The van der Waals surface area contributed by atoms with Gasteiger partial charge in [-0.1, -0.05) is 60.2 Å². The highest BCUT2D eigenvalue weighted by Crippen LogP contribution is 2.19. The summed E-state index contributed by atoms with van der Waals surface area (Å²) in [6.07, 6.45) is 3.21. The van der Waals surface area contributed by atoms with E-state index in [1.54, 1.807) is 30.3 Å². The summed E-state index contributed by atoms with van der Waals surface area (Å²) in [6, 6.07) is 20.5. The molecule has 3 aromatic rings. The van der Waals surface area contributed by atoms with Crippen LogP contribution in [0.2, 0.25) is 0 Å². The molecule has 28 heavy (non-hydrogen) atoms. The first kappa shape index (κ1) is 19.8. The standard InChI is InChI=1S/C22H22N2O3S/c1-17-9-12-20(13-10-17)28(26,27)24-16-15-23-22(25)14-11-19-7-4-6-18-5-2-3-8-21(18)19/h2-14,24H,15-16H2,1H3,(H,23,25). The van der Waals surface area contributed by atoms with Crippen LogP contribution >= 0.6 is 0 Å². The molecule has 0 aromatic heterocycles. The topological polar surface area (TPSA) is 75.3 Å². The fourth-order valence-corrected chi connectivity index (χ4v) is 3.82. The number of sulfonamides is 1. The maximum Gasteiger partial charge on any atom is 0.244 e. The quantitative estimate of drug-likeness (QED) is 0.477. The first-order valence-electron chi connectivity index (χ1n) is 8.96. The molecule has 1 amide bonds. The Labute approximate surface area is 165 Å². The van der Waals surface area contributed by atoms with Crippen molar-refractivity contribution in [3.8, 4) is 0 Å². The van der Waals surface area contributed by atoms with E-state index in [4.69, 9.17) is 0 Å². The van der Waals surface area contributed by atoms with Crippen molar-refractivity contribution in [3.05, 3.63) is 83.9 Å². The van der Waals surface area contributed by atoms with Gasteiger partial charge < -0.3 is 5.32 Å². The second kappa shape index (κ2) is 8.82. The Hall–Kier alpha value is -2.96. The van der Waals surface area contributed by atoms with Gasteiger partial charge >= 0.3 is 0 Å². The van der Waals surface area contributed by atoms with Gasteiger partial charge in [-0.15, -0.1) is 0 Å². The van der Waals surface area contributed by atoms with Crippen molar-refractivity contribution in [2.24, 2.45) is 0 Å². The lowest BCUT2D eigenvalue weighted by Crippen LogP contribution is -2.34. The molecule has 3 aromatic carbocycles. The summed E-state index contributed by atoms with van der Waals surface area (Å²) in [5, 5.41) is 4.86. The Balaban J connectivity index is 1.52. The SMILES string of the molecule is Cc1ccc(S(=O)(=O)NCCNC(=O)C=Cc2cccc3ccccc23)cc1. The van der Waals surface area contributed by atoms with E-state index in [-0.39, 0.29) is 23.9 Å². The number of hydrogen-bond acceptors (Lipinski definition) is 3. The number of rotatable bonds is 7. The Kier molecular flexibility index (Phi) is 6.23. The number of carbonyl (C=O) groups is 1. The van der Waals surface area contributed by atoms with Gasteiger partial charge in [0.15, 0.2) is 0 Å². The average molecular weight is 394 g/mol. The summed E-state index contributed by atoms with van der Waals surface area (Å²) in [7, 11) is -3.57. The summed E-state index contributed by atoms with van der Waals surface area (Å²) in [6.45, 7) is 2.21. The zero-order valence-corrected chi connectivity index (χ0v) is 16.4. The molecule has 0 aliphatic carbocycles. The average Bonchev–Trinajstić information content (AvgIpc) is 2.70. The van der Waals surface area contributed by atoms with Crippen molar-refractivity contribution in [1.29, 1.82) is 0 Å². The van der Waals surface area contributed by atoms with Crippen LogP contribution in [0.1, 0.15) is 11.1 Å². The van der Waals surface area contributed by atoms with Crippen molar-refractivity contribution in [1.82, 2.24) is 10.0 Å². The van der Waals surface area contributed by atoms with Crippen LogP contribution in [0.25, 0.3) is 16.8 Å². The molecule has 0 bridgehead atoms. The number of carbonyl (C=O) groups excluding carboxylic acids is 1. The lowest BCUT2D eigenvalue weighted by atomic mass is 10.0. The summed E-state index contributed by atoms with van der Waals surface area (Å²) in [4.78, 5) is 12.2. The van der Waals surface area contributed by atoms with E-state index in [0.717, 1.165) is 21.9 Å². The molecule has 0 atom stereocenters. The van der Waals surface area contributed by atoms with Gasteiger partial charge in [-0.3, -0.25) is 4.79 Å². The summed E-state index contributed by atoms with van der Waals surface area (Å²) >= 11 is 0. The fourth-order valence-electron chi connectivity index (χ4n) is 2.79. The molecule has 0 radical (unpaired) electrons. The highest BCUT2D eigenvalue weighted by atomic mass is 32.2. The highest BCUT2D eigenvalue weighted by Gasteiger charge is 2.12. The normalized spacial score (nSPS) is 11.8. The molecule has 144 valence electrons. The minimum atomic E-state index is -3.57. The number of hydrogen-bond donors (Lipinski definition) is 2. The molecule has 0 fully saturated rings. The van der Waals surface area contributed by atoms with E-state index in [2.05, 4.69) is 10.0 Å². The maximum atomic E-state index is 12.2. The van der Waals surface area contributed by atoms with Crippen LogP contribution in [0.5, 0.6) is 0 Å². The zero-order valence-electron chi connectivity index (χ0n) is 15.6. The summed E-state index contributed by atoms with van der Waals surface area (Å²) < 4.78 is 26.9. The van der Waals surface area contributed by atoms with Crippen LogP contribution in [0.15, 0.2) is 77.7 Å². The van der Waals surface area contributed by atoms with Gasteiger partial charge in [0.25, 0.3) is 0 Å². The molecule has 0 saturated carbocycles. The van der Waals surface area contributed by atoms with Crippen molar-refractivity contribution in [2.45, 2.75) is 11.8 Å². The van der Waals surface area contributed by atoms with Gasteiger partial charge in [-0.05, 0) is 41.5 Å². The first-order chi connectivity index (χ1) is 13.5. The van der Waals surface area contributed by atoms with Gasteiger partial charge in [0, 0.05) is 19.2 Å². The fraction of sp³-hybridized carbons (Fsp3) is 0.136. The van der Waals surface area contributed by atoms with Crippen LogP contribution in [0.4, 0.5) is 0 Å². The van der Waals surface area contributed by atoms with Gasteiger partial charge in [0.1, 0.15) is 0 Å². The molecule has 0 aliphatic heterocycles. The van der Waals surface area contributed by atoms with Crippen molar-refractivity contribution in [2.75, 3.05) is 13.1 Å². The maximum absolute atomic E-state index is 12.2. The zero-order chi connectivity index (χ0) is 20.0. The van der Waals surface area contributed by atoms with E-state index in [9.17, 15) is 13.2 Å². The summed E-state index contributed by atoms with van der Waals surface area (Å²) in [5.41, 5.74) is 1.94. The monoisotopic (exact) mass is 394 g/mol. The lowest BCUT2D eigenvalue weighted by Gasteiger charge is -2.07. The smallest absolute Gasteiger partial charge is 0.244 e. The third-order valence-electron chi connectivity index (χ3n) is 4.29. The predicted molar refractivity (Wildman–Crippen MR) is 112 cm³/mol. The highest BCUT2D eigenvalue weighted by molar-refractivity contribution is 7.89. The van der Waals surface area contributed by atoms with Gasteiger partial charge in [0.2, 0.25) is 15.9 Å². The molecule has 0 aliphatic rings. The lowest BCUT2D eigenvalue weighted by molar-refractivity contribution is -0.116. The molecule has 0 heterocycles. The molecular weight excluding hydrogens is 372 g/mol. The summed E-state index contributed by atoms with van der Waals surface area (Å²) in [5.74, 6) is -0.275. The Morgan fingerprint density at radius 1 is 0.929 bits per heavy atom. The number of amides is 1. The van der Waals surface area contributed by atoms with Crippen LogP contribution in [0.3, 0.4) is 0 Å². The minimum absolute atomic E-state index is 0.115. The van der Waals surface area contributed by atoms with Crippen LogP contribution in [0, 0.1) is 6.92 Å². The molecule has 0 saturated heterocycles. The molecule has 0 unspecified atom stereocenters. The van der Waals surface area contributed by atoms with E-state index in [0.29, 0.717) is 0 Å². The number of fused-ring (bicyclic) bond motifs is 1. The number of benzene rings is 3. The molecule has 2 N–H and O–H groups in total. The van der Waals surface area contributed by atoms with Crippen molar-refractivity contribution < 1.29 is 13.2 Å². The largest absolute Gasteiger partial charge is 0.351 e. The predicted octanol–water partition coefficient (Wildman–Crippen LogP) is 3.26. The second-order valence-corrected chi connectivity index (χ2v) is 8.17. The van der Waals surface area contributed by atoms with E-state index < -0.39 is 10.0 Å². The van der Waals surface area contributed by atoms with Crippen molar-refractivity contribution in [3.63, 3.8) is 0 Å². The van der Waals surface area contributed by atoms with E-state index in [1.807, 2.05) is 49.4 Å². The number of nitrogens with one attached hydrogen (secondary N) is 2. The second-order valence-electron chi connectivity index (χ2n) is 6.40. The molecule has 5 nitrogen and oxygen atoms in total. The molecular formula is C22H22N2O3S. The molecule has 3 rings (SSSR count). The van der Waals surface area contributed by atoms with E-state index in [1.165, 1.54) is 6.08 Å². The Morgan fingerprint density at radius 2 is 1.64 bits per heavy atom. The third-order valence-corrected chi connectivity index (χ3v) is 5.76. The van der Waals surface area contributed by atoms with Gasteiger partial charge in [-0.2, -0.15) is 0 Å². The molecule has 6 heteroatoms. The van der Waals surface area contributed by atoms with Gasteiger partial charge in [0.05, 0.1) is 4.90 Å². The van der Waals surface area contributed by atoms with E-state index >= 15 is 0 Å². The van der Waals surface area contributed by atoms with Crippen LogP contribution < -0.4 is 10.0 Å². The van der Waals surface area contributed by atoms with Gasteiger partial charge in [-0.25, -0.2) is 13.1 Å². The van der Waals surface area contributed by atoms with Crippen molar-refractivity contribution >= 4 is 32.8 Å². The molecule has 0 spiro atoms. The Morgan fingerprint density at radius 3 is 2.43 bits per heavy atom. The number of aryl methyl sites for hydroxylation is 1. The first-order valence-corrected chi connectivity index (χ1v) is 10.4.